The van der Waals surface area contributed by atoms with Gasteiger partial charge in [-0.2, -0.15) is 5.26 Å². The second-order valence-corrected chi connectivity index (χ2v) is 4.08. The van der Waals surface area contributed by atoms with Crippen LogP contribution in [0.4, 0.5) is 4.39 Å². The van der Waals surface area contributed by atoms with Gasteiger partial charge in [0.1, 0.15) is 11.9 Å². The molecular weight excluding hydrogens is 257 g/mol. The highest BCUT2D eigenvalue weighted by atomic mass is 19.1. The molecule has 0 aliphatic carbocycles. The lowest BCUT2D eigenvalue weighted by atomic mass is 10.0. The quantitative estimate of drug-likeness (QED) is 0.685. The van der Waals surface area contributed by atoms with Gasteiger partial charge < -0.3 is 5.11 Å². The molecule has 0 amide bonds. The lowest BCUT2D eigenvalue weighted by molar-refractivity contribution is -0.130. The molecule has 0 bridgehead atoms. The van der Waals surface area contributed by atoms with Crippen molar-refractivity contribution in [3.05, 3.63) is 71.0 Å². The third-order valence-corrected chi connectivity index (χ3v) is 2.74. The van der Waals surface area contributed by atoms with Crippen LogP contribution in [0.5, 0.6) is 0 Å². The maximum atomic E-state index is 13.2. The minimum Gasteiger partial charge on any atom is -0.478 e. The van der Waals surface area contributed by atoms with Gasteiger partial charge >= 0.3 is 5.97 Å². The number of halogens is 1. The van der Waals surface area contributed by atoms with Crippen molar-refractivity contribution < 1.29 is 14.3 Å². The van der Waals surface area contributed by atoms with E-state index in [1.165, 1.54) is 18.2 Å². The number of carbonyl (C=O) groups is 1. The average molecular weight is 267 g/mol. The fourth-order valence-electron chi connectivity index (χ4n) is 1.77. The number of rotatable bonds is 3. The van der Waals surface area contributed by atoms with Gasteiger partial charge in [-0.25, -0.2) is 9.18 Å². The zero-order chi connectivity index (χ0) is 14.5. The Morgan fingerprint density at radius 2 is 1.90 bits per heavy atom. The molecule has 98 valence electrons. The molecule has 0 saturated carbocycles. The molecule has 0 aromatic heterocycles. The fraction of sp³-hybridized carbons (Fsp3) is 0. The van der Waals surface area contributed by atoms with Gasteiger partial charge in [0.2, 0.25) is 0 Å². The first-order valence-electron chi connectivity index (χ1n) is 5.82. The van der Waals surface area contributed by atoms with Crippen LogP contribution in [-0.4, -0.2) is 11.1 Å². The molecule has 0 unspecified atom stereocenters. The first kappa shape index (κ1) is 13.5. The molecule has 1 N–H and O–H groups in total. The third kappa shape index (κ3) is 2.90. The zero-order valence-electron chi connectivity index (χ0n) is 10.4. The van der Waals surface area contributed by atoms with E-state index < -0.39 is 11.8 Å². The number of nitrogens with zero attached hydrogens (tertiary/aromatic N) is 1. The van der Waals surface area contributed by atoms with E-state index in [4.69, 9.17) is 5.26 Å². The average Bonchev–Trinajstić information content (AvgIpc) is 2.47. The summed E-state index contributed by atoms with van der Waals surface area (Å²) in [6.07, 6.45) is 1.41. The number of hydrogen-bond acceptors (Lipinski definition) is 2. The van der Waals surface area contributed by atoms with Crippen LogP contribution < -0.4 is 0 Å². The number of hydrogen-bond donors (Lipinski definition) is 1. The number of benzene rings is 2. The molecule has 0 fully saturated rings. The summed E-state index contributed by atoms with van der Waals surface area (Å²) >= 11 is 0. The Morgan fingerprint density at radius 1 is 1.20 bits per heavy atom. The highest BCUT2D eigenvalue weighted by Crippen LogP contribution is 2.20. The predicted octanol–water partition coefficient (Wildman–Crippen LogP) is 3.32. The molecule has 0 radical (unpaired) electrons. The van der Waals surface area contributed by atoms with Crippen LogP contribution in [0.2, 0.25) is 0 Å². The zero-order valence-corrected chi connectivity index (χ0v) is 10.4. The SMILES string of the molecule is N#Cc1cc(/C=C(/C(=O)O)c2ccccc2)ccc1F. The van der Waals surface area contributed by atoms with E-state index in [2.05, 4.69) is 0 Å². The van der Waals surface area contributed by atoms with E-state index in [-0.39, 0.29) is 11.1 Å². The van der Waals surface area contributed by atoms with Crippen molar-refractivity contribution in [2.75, 3.05) is 0 Å². The first-order chi connectivity index (χ1) is 9.61. The van der Waals surface area contributed by atoms with Crippen LogP contribution in [0.3, 0.4) is 0 Å². The highest BCUT2D eigenvalue weighted by molar-refractivity contribution is 6.20. The molecule has 0 atom stereocenters. The Hall–Kier alpha value is -2.93. The van der Waals surface area contributed by atoms with Crippen molar-refractivity contribution in [1.29, 1.82) is 5.26 Å². The summed E-state index contributed by atoms with van der Waals surface area (Å²) in [6.45, 7) is 0. The van der Waals surface area contributed by atoms with E-state index in [1.807, 2.05) is 0 Å². The summed E-state index contributed by atoms with van der Waals surface area (Å²) < 4.78 is 13.2. The van der Waals surface area contributed by atoms with E-state index in [9.17, 15) is 14.3 Å². The van der Waals surface area contributed by atoms with Gasteiger partial charge in [0, 0.05) is 0 Å². The maximum Gasteiger partial charge on any atom is 0.336 e. The lowest BCUT2D eigenvalue weighted by Crippen LogP contribution is -1.99. The van der Waals surface area contributed by atoms with E-state index in [0.29, 0.717) is 11.1 Å². The Kier molecular flexibility index (Phi) is 3.92. The van der Waals surface area contributed by atoms with Crippen LogP contribution in [-0.2, 0) is 4.79 Å². The van der Waals surface area contributed by atoms with Crippen molar-refractivity contribution in [1.82, 2.24) is 0 Å². The summed E-state index contributed by atoms with van der Waals surface area (Å²) in [5, 5.41) is 18.0. The molecule has 0 heterocycles. The van der Waals surface area contributed by atoms with Gasteiger partial charge in [0.05, 0.1) is 11.1 Å². The Balaban J connectivity index is 2.51. The summed E-state index contributed by atoms with van der Waals surface area (Å²) in [5.41, 5.74) is 0.977. The molecule has 0 aliphatic heterocycles. The monoisotopic (exact) mass is 267 g/mol. The molecule has 3 nitrogen and oxygen atoms in total. The predicted molar refractivity (Wildman–Crippen MR) is 73.1 cm³/mol. The fourth-order valence-corrected chi connectivity index (χ4v) is 1.77. The van der Waals surface area contributed by atoms with E-state index in [1.54, 1.807) is 36.4 Å². The van der Waals surface area contributed by atoms with E-state index >= 15 is 0 Å². The first-order valence-corrected chi connectivity index (χ1v) is 5.82. The third-order valence-electron chi connectivity index (χ3n) is 2.74. The van der Waals surface area contributed by atoms with E-state index in [0.717, 1.165) is 6.07 Å². The van der Waals surface area contributed by atoms with Gasteiger partial charge in [-0.3, -0.25) is 0 Å². The van der Waals surface area contributed by atoms with Crippen molar-refractivity contribution in [3.8, 4) is 6.07 Å². The Morgan fingerprint density at radius 3 is 2.50 bits per heavy atom. The molecule has 2 rings (SSSR count). The van der Waals surface area contributed by atoms with Gasteiger partial charge in [0.15, 0.2) is 0 Å². The normalized spacial score (nSPS) is 10.9. The Bertz CT molecular complexity index is 715. The molecule has 0 aliphatic rings. The number of carboxylic acid groups (broad SMARTS) is 1. The van der Waals surface area contributed by atoms with Crippen molar-refractivity contribution >= 4 is 17.6 Å². The molecular formula is C16H10FNO2. The second kappa shape index (κ2) is 5.81. The van der Waals surface area contributed by atoms with Crippen molar-refractivity contribution in [3.63, 3.8) is 0 Å². The van der Waals surface area contributed by atoms with Gasteiger partial charge in [-0.05, 0) is 29.3 Å². The molecule has 0 saturated heterocycles. The van der Waals surface area contributed by atoms with Gasteiger partial charge in [-0.1, -0.05) is 36.4 Å². The largest absolute Gasteiger partial charge is 0.478 e. The molecule has 20 heavy (non-hydrogen) atoms. The van der Waals surface area contributed by atoms with Gasteiger partial charge in [-0.15, -0.1) is 0 Å². The lowest BCUT2D eigenvalue weighted by Gasteiger charge is -2.03. The van der Waals surface area contributed by atoms with Crippen molar-refractivity contribution in [2.24, 2.45) is 0 Å². The standard InChI is InChI=1S/C16H10FNO2/c17-15-7-6-11(8-13(15)10-18)9-14(16(19)20)12-4-2-1-3-5-12/h1-9H,(H,19,20)/b14-9+. The van der Waals surface area contributed by atoms with Crippen LogP contribution in [0.1, 0.15) is 16.7 Å². The topological polar surface area (TPSA) is 61.1 Å². The van der Waals surface area contributed by atoms with Crippen LogP contribution >= 0.6 is 0 Å². The second-order valence-electron chi connectivity index (χ2n) is 4.08. The summed E-state index contributed by atoms with van der Waals surface area (Å²) in [5.74, 6) is -1.71. The minimum atomic E-state index is -1.08. The van der Waals surface area contributed by atoms with Crippen LogP contribution in [0.15, 0.2) is 48.5 Å². The maximum absolute atomic E-state index is 13.2. The molecule has 0 spiro atoms. The highest BCUT2D eigenvalue weighted by Gasteiger charge is 2.10. The molecule has 2 aromatic carbocycles. The number of aliphatic carboxylic acids is 1. The number of carboxylic acids is 1. The van der Waals surface area contributed by atoms with Gasteiger partial charge in [0.25, 0.3) is 0 Å². The van der Waals surface area contributed by atoms with Crippen LogP contribution in [0, 0.1) is 17.1 Å². The molecule has 4 heteroatoms. The van der Waals surface area contributed by atoms with Crippen LogP contribution in [0.25, 0.3) is 11.6 Å². The smallest absolute Gasteiger partial charge is 0.336 e. The Labute approximate surface area is 115 Å². The minimum absolute atomic E-state index is 0.0843. The summed E-state index contributed by atoms with van der Waals surface area (Å²) in [4.78, 5) is 11.3. The molecule has 2 aromatic rings. The van der Waals surface area contributed by atoms with Crippen molar-refractivity contribution in [2.45, 2.75) is 0 Å². The summed E-state index contributed by atoms with van der Waals surface area (Å²) in [7, 11) is 0. The number of nitriles is 1. The summed E-state index contributed by atoms with van der Waals surface area (Å²) in [6, 6.07) is 14.2.